The number of amides is 2. The van der Waals surface area contributed by atoms with Crippen LogP contribution in [0.15, 0.2) is 77.2 Å². The Morgan fingerprint density at radius 3 is 2.17 bits per heavy atom. The van der Waals surface area contributed by atoms with Crippen molar-refractivity contribution in [3.05, 3.63) is 100 Å². The minimum absolute atomic E-state index is 0.00184. The second-order valence-electron chi connectivity index (χ2n) is 9.95. The van der Waals surface area contributed by atoms with E-state index in [-0.39, 0.29) is 28.2 Å². The van der Waals surface area contributed by atoms with Gasteiger partial charge in [-0.3, -0.25) is 14.5 Å². The van der Waals surface area contributed by atoms with E-state index < -0.39 is 16.2 Å². The van der Waals surface area contributed by atoms with Crippen molar-refractivity contribution in [2.24, 2.45) is 0 Å². The van der Waals surface area contributed by atoms with Crippen LogP contribution in [0.4, 0.5) is 0 Å². The molecule has 2 aliphatic carbocycles. The fourth-order valence-corrected chi connectivity index (χ4v) is 6.73. The molecular formula is C31H27NO7S. The minimum atomic E-state index is -4.17. The molecule has 0 radical (unpaired) electrons. The molecule has 0 bridgehead atoms. The molecule has 0 aromatic heterocycles. The van der Waals surface area contributed by atoms with Crippen LogP contribution in [-0.2, 0) is 16.5 Å². The molecule has 1 heterocycles. The first-order valence-electron chi connectivity index (χ1n) is 12.9. The van der Waals surface area contributed by atoms with Gasteiger partial charge in [-0.2, -0.15) is 8.42 Å². The van der Waals surface area contributed by atoms with Crippen molar-refractivity contribution in [2.75, 3.05) is 14.2 Å². The number of rotatable bonds is 6. The van der Waals surface area contributed by atoms with Gasteiger partial charge in [0.2, 0.25) is 5.75 Å². The lowest BCUT2D eigenvalue weighted by Gasteiger charge is -2.27. The summed E-state index contributed by atoms with van der Waals surface area (Å²) in [6.45, 7) is 1.87. The van der Waals surface area contributed by atoms with Crippen LogP contribution in [0.2, 0.25) is 0 Å². The van der Waals surface area contributed by atoms with Gasteiger partial charge in [0.05, 0.1) is 31.4 Å². The summed E-state index contributed by atoms with van der Waals surface area (Å²) in [4.78, 5) is 28.2. The van der Waals surface area contributed by atoms with Crippen LogP contribution < -0.4 is 13.7 Å². The van der Waals surface area contributed by atoms with Crippen LogP contribution >= 0.6 is 0 Å². The van der Waals surface area contributed by atoms with Gasteiger partial charge in [-0.25, -0.2) is 0 Å². The Morgan fingerprint density at radius 1 is 0.900 bits per heavy atom. The van der Waals surface area contributed by atoms with Gasteiger partial charge in [0, 0.05) is 5.56 Å². The molecule has 8 nitrogen and oxygen atoms in total. The Hall–Kier alpha value is -4.37. The molecule has 0 saturated heterocycles. The van der Waals surface area contributed by atoms with E-state index in [4.69, 9.17) is 13.7 Å². The Labute approximate surface area is 232 Å². The summed E-state index contributed by atoms with van der Waals surface area (Å²) in [6.07, 6.45) is 5.41. The van der Waals surface area contributed by atoms with Crippen molar-refractivity contribution in [1.82, 2.24) is 4.90 Å². The number of benzene rings is 3. The van der Waals surface area contributed by atoms with Gasteiger partial charge in [-0.15, -0.1) is 0 Å². The van der Waals surface area contributed by atoms with E-state index in [1.165, 1.54) is 31.3 Å². The zero-order valence-corrected chi connectivity index (χ0v) is 23.1. The van der Waals surface area contributed by atoms with Crippen molar-refractivity contribution in [3.63, 3.8) is 0 Å². The number of hydrogen-bond donors (Lipinski definition) is 0. The zero-order chi connectivity index (χ0) is 28.2. The number of methoxy groups -OCH3 is 2. The predicted octanol–water partition coefficient (Wildman–Crippen LogP) is 5.10. The van der Waals surface area contributed by atoms with Crippen LogP contribution in [0.25, 0.3) is 5.57 Å². The fourth-order valence-electron chi connectivity index (χ4n) is 5.80. The van der Waals surface area contributed by atoms with E-state index in [0.717, 1.165) is 27.8 Å². The molecule has 3 aromatic carbocycles. The summed E-state index contributed by atoms with van der Waals surface area (Å²) >= 11 is 0. The molecule has 3 aliphatic rings. The number of imide groups is 1. The second kappa shape index (κ2) is 9.67. The first-order valence-corrected chi connectivity index (χ1v) is 14.3. The SMILES string of the molecule is COc1c(OS(=O)(=O)c2ccc(C)cc2)cc2c(c1OC)C1=C(CC=C1)C(N1C(=O)c3ccccc3C1=O)CC2. The van der Waals surface area contributed by atoms with Crippen molar-refractivity contribution in [2.45, 2.75) is 37.1 Å². The zero-order valence-electron chi connectivity index (χ0n) is 22.3. The number of allylic oxidation sites excluding steroid dienone is 3. The lowest BCUT2D eigenvalue weighted by Crippen LogP contribution is -2.41. The normalized spacial score (nSPS) is 17.9. The van der Waals surface area contributed by atoms with Gasteiger partial charge in [-0.05, 0) is 73.2 Å². The lowest BCUT2D eigenvalue weighted by atomic mass is 9.95. The Kier molecular flexibility index (Phi) is 6.26. The maximum Gasteiger partial charge on any atom is 0.339 e. The lowest BCUT2D eigenvalue weighted by molar-refractivity contribution is 0.0601. The largest absolute Gasteiger partial charge is 0.492 e. The number of carbonyl (C=O) groups is 2. The molecule has 0 N–H and O–H groups in total. The Morgan fingerprint density at radius 2 is 1.55 bits per heavy atom. The molecule has 0 saturated carbocycles. The molecule has 1 unspecified atom stereocenters. The van der Waals surface area contributed by atoms with E-state index in [1.807, 2.05) is 19.1 Å². The standard InChI is InChI=1S/C31H27NO7S/c1-18-11-14-20(15-12-18)40(35,36)39-26-17-19-13-16-25(32-30(33)23-7-4-5-8-24(23)31(32)34)21-9-6-10-22(21)27(19)29(38-3)28(26)37-2/h4-8,10-12,14-15,17,25H,9,13,16H2,1-3H3. The highest BCUT2D eigenvalue weighted by molar-refractivity contribution is 7.87. The van der Waals surface area contributed by atoms with Gasteiger partial charge >= 0.3 is 10.1 Å². The topological polar surface area (TPSA) is 99.2 Å². The van der Waals surface area contributed by atoms with Crippen molar-refractivity contribution >= 4 is 27.5 Å². The van der Waals surface area contributed by atoms with Crippen LogP contribution in [0.5, 0.6) is 17.2 Å². The third kappa shape index (κ3) is 4.00. The Balaban J connectivity index is 1.45. The van der Waals surface area contributed by atoms with Gasteiger partial charge in [0.25, 0.3) is 11.8 Å². The van der Waals surface area contributed by atoms with Crippen LogP contribution in [0.3, 0.4) is 0 Å². The van der Waals surface area contributed by atoms with Crippen LogP contribution in [-0.4, -0.2) is 45.4 Å². The average Bonchev–Trinajstić information content (AvgIpc) is 3.48. The summed E-state index contributed by atoms with van der Waals surface area (Å²) in [7, 11) is -1.26. The number of hydrogen-bond acceptors (Lipinski definition) is 7. The van der Waals surface area contributed by atoms with E-state index in [0.29, 0.717) is 36.1 Å². The third-order valence-corrected chi connectivity index (χ3v) is 8.91. The maximum absolute atomic E-state index is 13.4. The molecule has 0 fully saturated rings. The summed E-state index contributed by atoms with van der Waals surface area (Å²) < 4.78 is 43.5. The van der Waals surface area contributed by atoms with Gasteiger partial charge in [-0.1, -0.05) is 42.0 Å². The third-order valence-electron chi connectivity index (χ3n) is 7.66. The molecule has 6 rings (SSSR count). The second-order valence-corrected chi connectivity index (χ2v) is 11.5. The van der Waals surface area contributed by atoms with E-state index >= 15 is 0 Å². The highest BCUT2D eigenvalue weighted by atomic mass is 32.2. The fraction of sp³-hybridized carbons (Fsp3) is 0.226. The molecule has 2 amide bonds. The predicted molar refractivity (Wildman–Crippen MR) is 148 cm³/mol. The van der Waals surface area contributed by atoms with Crippen molar-refractivity contribution in [1.29, 1.82) is 0 Å². The Bertz CT molecular complexity index is 1700. The highest BCUT2D eigenvalue weighted by Gasteiger charge is 2.43. The van der Waals surface area contributed by atoms with E-state index in [2.05, 4.69) is 0 Å². The molecule has 0 spiro atoms. The summed E-state index contributed by atoms with van der Waals surface area (Å²) in [5, 5.41) is 0. The van der Waals surface area contributed by atoms with Crippen molar-refractivity contribution in [3.8, 4) is 17.2 Å². The van der Waals surface area contributed by atoms with Gasteiger partial charge in [0.15, 0.2) is 11.5 Å². The minimum Gasteiger partial charge on any atom is -0.492 e. The molecule has 204 valence electrons. The van der Waals surface area contributed by atoms with Crippen molar-refractivity contribution < 1.29 is 31.7 Å². The number of fused-ring (bicyclic) bond motifs is 3. The average molecular weight is 558 g/mol. The molecular weight excluding hydrogens is 530 g/mol. The van der Waals surface area contributed by atoms with Gasteiger partial charge in [0.1, 0.15) is 4.90 Å². The first-order chi connectivity index (χ1) is 19.2. The molecule has 9 heteroatoms. The number of aryl methyl sites for hydroxylation is 2. The molecule has 1 aliphatic heterocycles. The van der Waals surface area contributed by atoms with Crippen LogP contribution in [0.1, 0.15) is 50.2 Å². The summed E-state index contributed by atoms with van der Waals surface area (Å²) in [5.41, 5.74) is 4.99. The number of ether oxygens (including phenoxy) is 2. The number of nitrogens with zero attached hydrogens (tertiary/aromatic N) is 1. The van der Waals surface area contributed by atoms with E-state index in [9.17, 15) is 18.0 Å². The molecule has 1 atom stereocenters. The highest BCUT2D eigenvalue weighted by Crippen LogP contribution is 2.50. The first kappa shape index (κ1) is 25.9. The maximum atomic E-state index is 13.4. The van der Waals surface area contributed by atoms with Gasteiger partial charge < -0.3 is 13.7 Å². The van der Waals surface area contributed by atoms with Crippen LogP contribution in [0, 0.1) is 6.92 Å². The molecule has 3 aromatic rings. The number of carbonyl (C=O) groups excluding carboxylic acids is 2. The van der Waals surface area contributed by atoms with E-state index in [1.54, 1.807) is 42.5 Å². The summed E-state index contributed by atoms with van der Waals surface area (Å²) in [6, 6.07) is 14.4. The molecule has 40 heavy (non-hydrogen) atoms. The quantitative estimate of drug-likeness (QED) is 0.307. The monoisotopic (exact) mass is 557 g/mol. The summed E-state index contributed by atoms with van der Waals surface area (Å²) in [5.74, 6) is -0.150. The smallest absolute Gasteiger partial charge is 0.339 e.